The lowest BCUT2D eigenvalue weighted by molar-refractivity contribution is -0.385. The van der Waals surface area contributed by atoms with Crippen LogP contribution in [0.1, 0.15) is 28.9 Å². The molecule has 0 saturated carbocycles. The third-order valence-electron chi connectivity index (χ3n) is 3.66. The summed E-state index contributed by atoms with van der Waals surface area (Å²) < 4.78 is 24.4. The van der Waals surface area contributed by atoms with Crippen LogP contribution in [0.15, 0.2) is 36.4 Å². The van der Waals surface area contributed by atoms with Crippen LogP contribution in [0.2, 0.25) is 0 Å². The van der Waals surface area contributed by atoms with Crippen LogP contribution in [-0.4, -0.2) is 25.1 Å². The molecule has 25 heavy (non-hydrogen) atoms. The summed E-state index contributed by atoms with van der Waals surface area (Å²) in [6.45, 7) is 1.71. The van der Waals surface area contributed by atoms with Gasteiger partial charge < -0.3 is 14.8 Å². The molecule has 0 bridgehead atoms. The molecule has 1 atom stereocenters. The van der Waals surface area contributed by atoms with E-state index in [1.807, 2.05) is 0 Å². The Morgan fingerprint density at radius 1 is 1.20 bits per heavy atom. The fraction of sp³-hybridized carbons (Fsp3) is 0.235. The molecule has 0 heterocycles. The van der Waals surface area contributed by atoms with Gasteiger partial charge in [0, 0.05) is 11.6 Å². The Morgan fingerprint density at radius 2 is 1.92 bits per heavy atom. The highest BCUT2D eigenvalue weighted by atomic mass is 19.1. The quantitative estimate of drug-likeness (QED) is 0.639. The monoisotopic (exact) mass is 348 g/mol. The second-order valence-electron chi connectivity index (χ2n) is 5.22. The highest BCUT2D eigenvalue weighted by Gasteiger charge is 2.20. The van der Waals surface area contributed by atoms with Crippen molar-refractivity contribution >= 4 is 11.6 Å². The van der Waals surface area contributed by atoms with E-state index in [1.165, 1.54) is 14.2 Å². The Labute approximate surface area is 143 Å². The van der Waals surface area contributed by atoms with Gasteiger partial charge in [0.2, 0.25) is 0 Å². The number of halogens is 1. The maximum Gasteiger partial charge on any atom is 0.272 e. The first-order valence-electron chi connectivity index (χ1n) is 7.34. The van der Waals surface area contributed by atoms with E-state index in [2.05, 4.69) is 5.32 Å². The second kappa shape index (κ2) is 7.61. The first-order chi connectivity index (χ1) is 11.9. The number of ether oxygens (including phenoxy) is 2. The number of hydrogen-bond donors (Lipinski definition) is 1. The topological polar surface area (TPSA) is 90.7 Å². The average Bonchev–Trinajstić information content (AvgIpc) is 2.60. The summed E-state index contributed by atoms with van der Waals surface area (Å²) in [5, 5.41) is 13.3. The van der Waals surface area contributed by atoms with E-state index in [1.54, 1.807) is 25.1 Å². The van der Waals surface area contributed by atoms with Crippen molar-refractivity contribution in [3.63, 3.8) is 0 Å². The van der Waals surface area contributed by atoms with Crippen LogP contribution < -0.4 is 14.8 Å². The number of amides is 1. The molecule has 1 N–H and O–H groups in total. The molecule has 0 saturated heterocycles. The van der Waals surface area contributed by atoms with Crippen molar-refractivity contribution in [3.05, 3.63) is 63.5 Å². The Kier molecular flexibility index (Phi) is 5.53. The van der Waals surface area contributed by atoms with Crippen LogP contribution in [0.25, 0.3) is 0 Å². The highest BCUT2D eigenvalue weighted by Crippen LogP contribution is 2.29. The number of hydrogen-bond acceptors (Lipinski definition) is 5. The first-order valence-corrected chi connectivity index (χ1v) is 7.34. The third kappa shape index (κ3) is 4.03. The van der Waals surface area contributed by atoms with Crippen molar-refractivity contribution in [2.24, 2.45) is 0 Å². The van der Waals surface area contributed by atoms with Gasteiger partial charge in [-0.2, -0.15) is 0 Å². The zero-order chi connectivity index (χ0) is 18.6. The molecule has 0 aliphatic heterocycles. The number of nitrogens with one attached hydrogen (secondary N) is 1. The maximum atomic E-state index is 14.0. The van der Waals surface area contributed by atoms with Crippen molar-refractivity contribution in [2.45, 2.75) is 13.0 Å². The lowest BCUT2D eigenvalue weighted by atomic mass is 10.1. The lowest BCUT2D eigenvalue weighted by Gasteiger charge is -2.18. The summed E-state index contributed by atoms with van der Waals surface area (Å²) in [6, 6.07) is 7.48. The predicted octanol–water partition coefficient (Wildman–Crippen LogP) is 3.24. The zero-order valence-corrected chi connectivity index (χ0v) is 13.9. The molecule has 0 aromatic heterocycles. The molecule has 1 amide bonds. The minimum atomic E-state index is -0.962. The van der Waals surface area contributed by atoms with Crippen molar-refractivity contribution in [2.75, 3.05) is 14.2 Å². The van der Waals surface area contributed by atoms with Crippen LogP contribution in [0.3, 0.4) is 0 Å². The number of carbonyl (C=O) groups is 1. The van der Waals surface area contributed by atoms with Crippen LogP contribution >= 0.6 is 0 Å². The minimum absolute atomic E-state index is 0.278. The normalized spacial score (nSPS) is 11.5. The van der Waals surface area contributed by atoms with E-state index in [-0.39, 0.29) is 5.56 Å². The minimum Gasteiger partial charge on any atom is -0.497 e. The number of carbonyl (C=O) groups excluding carboxylic acids is 1. The van der Waals surface area contributed by atoms with Crippen molar-refractivity contribution in [3.8, 4) is 11.5 Å². The van der Waals surface area contributed by atoms with Gasteiger partial charge in [0.15, 0.2) is 0 Å². The zero-order valence-electron chi connectivity index (χ0n) is 13.9. The molecule has 1 unspecified atom stereocenters. The van der Waals surface area contributed by atoms with E-state index < -0.39 is 28.4 Å². The van der Waals surface area contributed by atoms with Crippen molar-refractivity contribution in [1.29, 1.82) is 0 Å². The number of rotatable bonds is 6. The Bertz CT molecular complexity index is 810. The number of nitrogens with zero attached hydrogens (tertiary/aromatic N) is 1. The third-order valence-corrected chi connectivity index (χ3v) is 3.66. The number of methoxy groups -OCH3 is 2. The van der Waals surface area contributed by atoms with Gasteiger partial charge in [0.05, 0.1) is 36.8 Å². The van der Waals surface area contributed by atoms with Crippen LogP contribution in [0, 0.1) is 15.9 Å². The first kappa shape index (κ1) is 18.2. The fourth-order valence-corrected chi connectivity index (χ4v) is 2.33. The molecule has 132 valence electrons. The molecule has 2 rings (SSSR count). The summed E-state index contributed by atoms with van der Waals surface area (Å²) in [7, 11) is 3.01. The van der Waals surface area contributed by atoms with E-state index in [0.29, 0.717) is 23.1 Å². The second-order valence-corrected chi connectivity index (χ2v) is 5.22. The highest BCUT2D eigenvalue weighted by molar-refractivity contribution is 5.95. The summed E-state index contributed by atoms with van der Waals surface area (Å²) in [6.07, 6.45) is 0. The lowest BCUT2D eigenvalue weighted by Crippen LogP contribution is -2.27. The maximum absolute atomic E-state index is 14.0. The summed E-state index contributed by atoms with van der Waals surface area (Å²) in [4.78, 5) is 22.2. The molecule has 0 aliphatic rings. The van der Waals surface area contributed by atoms with E-state index in [9.17, 15) is 19.3 Å². The summed E-state index contributed by atoms with van der Waals surface area (Å²) in [5.41, 5.74) is -0.0478. The molecule has 7 nitrogen and oxygen atoms in total. The Morgan fingerprint density at radius 3 is 2.48 bits per heavy atom. The molecule has 0 radical (unpaired) electrons. The smallest absolute Gasteiger partial charge is 0.272 e. The van der Waals surface area contributed by atoms with Gasteiger partial charge in [-0.15, -0.1) is 0 Å². The Balaban J connectivity index is 2.24. The van der Waals surface area contributed by atoms with E-state index in [0.717, 1.165) is 12.1 Å². The summed E-state index contributed by atoms with van der Waals surface area (Å²) in [5.74, 6) is -0.530. The Hall–Kier alpha value is -3.16. The van der Waals surface area contributed by atoms with Gasteiger partial charge in [0.1, 0.15) is 17.3 Å². The van der Waals surface area contributed by atoms with Gasteiger partial charge in [-0.1, -0.05) is 0 Å². The SMILES string of the molecule is COc1ccc(OC)c(C(C)NC(=O)c2ccc([N+](=O)[O-])cc2F)c1. The molecular formula is C17H17FN2O5. The molecule has 2 aromatic carbocycles. The molecule has 8 heteroatoms. The van der Waals surface area contributed by atoms with Gasteiger partial charge >= 0.3 is 0 Å². The van der Waals surface area contributed by atoms with Gasteiger partial charge in [0.25, 0.3) is 11.6 Å². The average molecular weight is 348 g/mol. The van der Waals surface area contributed by atoms with Gasteiger partial charge in [-0.3, -0.25) is 14.9 Å². The molecule has 0 fully saturated rings. The van der Waals surface area contributed by atoms with E-state index >= 15 is 0 Å². The number of nitro benzene ring substituents is 1. The predicted molar refractivity (Wildman–Crippen MR) is 88.5 cm³/mol. The van der Waals surface area contributed by atoms with Crippen LogP contribution in [0.4, 0.5) is 10.1 Å². The van der Waals surface area contributed by atoms with Gasteiger partial charge in [-0.25, -0.2) is 4.39 Å². The summed E-state index contributed by atoms with van der Waals surface area (Å²) >= 11 is 0. The largest absolute Gasteiger partial charge is 0.497 e. The molecule has 2 aromatic rings. The standard InChI is InChI=1S/C17H17FN2O5/c1-10(14-9-12(24-2)5-7-16(14)25-3)19-17(21)13-6-4-11(20(22)23)8-15(13)18/h4-10H,1-3H3,(H,19,21). The fourth-order valence-electron chi connectivity index (χ4n) is 2.33. The van der Waals surface area contributed by atoms with Crippen LogP contribution in [-0.2, 0) is 0 Å². The molecule has 0 aliphatic carbocycles. The number of non-ortho nitro benzene ring substituents is 1. The van der Waals surface area contributed by atoms with Crippen molar-refractivity contribution < 1.29 is 23.6 Å². The molecule has 0 spiro atoms. The number of nitro groups is 1. The van der Waals surface area contributed by atoms with E-state index in [4.69, 9.17) is 9.47 Å². The van der Waals surface area contributed by atoms with Crippen LogP contribution in [0.5, 0.6) is 11.5 Å². The molecular weight excluding hydrogens is 331 g/mol. The van der Waals surface area contributed by atoms with Crippen molar-refractivity contribution in [1.82, 2.24) is 5.32 Å². The number of benzene rings is 2. The van der Waals surface area contributed by atoms with Gasteiger partial charge in [-0.05, 0) is 31.2 Å².